The van der Waals surface area contributed by atoms with Gasteiger partial charge in [-0.2, -0.15) is 0 Å². The van der Waals surface area contributed by atoms with Gasteiger partial charge in [0.25, 0.3) is 0 Å². The summed E-state index contributed by atoms with van der Waals surface area (Å²) in [6, 6.07) is 9.74. The van der Waals surface area contributed by atoms with Crippen LogP contribution in [0.2, 0.25) is 0 Å². The molecule has 0 radical (unpaired) electrons. The highest BCUT2D eigenvalue weighted by Crippen LogP contribution is 2.44. The molecule has 1 N–H and O–H groups in total. The predicted octanol–water partition coefficient (Wildman–Crippen LogP) is 3.51. The van der Waals surface area contributed by atoms with E-state index in [1.54, 1.807) is 37.2 Å². The average Bonchev–Trinajstić information content (AvgIpc) is 3.15. The second kappa shape index (κ2) is 7.46. The van der Waals surface area contributed by atoms with Gasteiger partial charge in [0.2, 0.25) is 11.7 Å². The third kappa shape index (κ3) is 3.26. The van der Waals surface area contributed by atoms with Gasteiger partial charge in [0.1, 0.15) is 18.0 Å². The van der Waals surface area contributed by atoms with Crippen molar-refractivity contribution in [1.29, 1.82) is 0 Å². The Kier molecular flexibility index (Phi) is 4.84. The Morgan fingerprint density at radius 1 is 1.10 bits per heavy atom. The summed E-state index contributed by atoms with van der Waals surface area (Å²) in [7, 11) is 4.62. The molecule has 0 spiro atoms. The smallest absolute Gasteiger partial charge is 0.226 e. The molecular weight excluding hydrogens is 377 g/mol. The molecule has 3 aromatic rings. The van der Waals surface area contributed by atoms with Crippen molar-refractivity contribution in [3.05, 3.63) is 59.8 Å². The average molecular weight is 397 g/mol. The molecule has 8 heteroatoms. The molecule has 0 aliphatic carbocycles. The standard InChI is InChI=1S/C21H20FN3O4/c1-27-16-7-12(8-17(28-2)20(16)29-3)15-10-18(26)24-21-19(15)23-11-25(21)14-6-4-5-13(22)9-14/h4-9,11,15H,10H2,1-3H3,(H,24,26)/t15-/m1/s1. The highest BCUT2D eigenvalue weighted by Gasteiger charge is 2.32. The first-order chi connectivity index (χ1) is 14.0. The first-order valence-corrected chi connectivity index (χ1v) is 8.98. The first kappa shape index (κ1) is 18.8. The molecular formula is C21H20FN3O4. The van der Waals surface area contributed by atoms with Gasteiger partial charge in [0.15, 0.2) is 11.5 Å². The highest BCUT2D eigenvalue weighted by molar-refractivity contribution is 5.94. The number of amides is 1. The Morgan fingerprint density at radius 2 is 1.83 bits per heavy atom. The second-order valence-electron chi connectivity index (χ2n) is 6.59. The number of carbonyl (C=O) groups excluding carboxylic acids is 1. The number of imidazole rings is 1. The van der Waals surface area contributed by atoms with Crippen LogP contribution in [-0.2, 0) is 4.79 Å². The number of rotatable bonds is 5. The van der Waals surface area contributed by atoms with Crippen molar-refractivity contribution in [1.82, 2.24) is 9.55 Å². The number of methoxy groups -OCH3 is 3. The maximum atomic E-state index is 13.7. The molecule has 150 valence electrons. The maximum absolute atomic E-state index is 13.7. The quantitative estimate of drug-likeness (QED) is 0.713. The van der Waals surface area contributed by atoms with E-state index in [-0.39, 0.29) is 24.1 Å². The zero-order valence-electron chi connectivity index (χ0n) is 16.2. The third-order valence-corrected chi connectivity index (χ3v) is 4.95. The summed E-state index contributed by atoms with van der Waals surface area (Å²) in [6.45, 7) is 0. The molecule has 2 heterocycles. The van der Waals surface area contributed by atoms with Gasteiger partial charge >= 0.3 is 0 Å². The molecule has 1 aromatic heterocycles. The van der Waals surface area contributed by atoms with Crippen LogP contribution in [0.5, 0.6) is 17.2 Å². The fraction of sp³-hybridized carbons (Fsp3) is 0.238. The lowest BCUT2D eigenvalue weighted by molar-refractivity contribution is -0.116. The minimum atomic E-state index is -0.367. The third-order valence-electron chi connectivity index (χ3n) is 4.95. The van der Waals surface area contributed by atoms with Crippen LogP contribution in [-0.4, -0.2) is 36.8 Å². The van der Waals surface area contributed by atoms with Crippen LogP contribution in [0.25, 0.3) is 5.69 Å². The van der Waals surface area contributed by atoms with Gasteiger partial charge in [-0.05, 0) is 35.9 Å². The molecule has 29 heavy (non-hydrogen) atoms. The number of nitrogens with zero attached hydrogens (tertiary/aromatic N) is 2. The summed E-state index contributed by atoms with van der Waals surface area (Å²) in [5.74, 6) is 1.15. The van der Waals surface area contributed by atoms with E-state index in [0.29, 0.717) is 34.4 Å². The van der Waals surface area contributed by atoms with Crippen molar-refractivity contribution in [2.45, 2.75) is 12.3 Å². The lowest BCUT2D eigenvalue weighted by Gasteiger charge is -2.24. The van der Waals surface area contributed by atoms with Gasteiger partial charge in [-0.15, -0.1) is 0 Å². The van der Waals surface area contributed by atoms with E-state index >= 15 is 0 Å². The lowest BCUT2D eigenvalue weighted by atomic mass is 9.89. The maximum Gasteiger partial charge on any atom is 0.226 e. The molecule has 1 amide bonds. The molecule has 4 rings (SSSR count). The van der Waals surface area contributed by atoms with Crippen LogP contribution < -0.4 is 19.5 Å². The number of halogens is 1. The van der Waals surface area contributed by atoms with Gasteiger partial charge in [-0.25, -0.2) is 9.37 Å². The van der Waals surface area contributed by atoms with Crippen molar-refractivity contribution in [2.75, 3.05) is 26.6 Å². The van der Waals surface area contributed by atoms with Crippen molar-refractivity contribution in [3.63, 3.8) is 0 Å². The van der Waals surface area contributed by atoms with E-state index in [4.69, 9.17) is 14.2 Å². The normalized spacial score (nSPS) is 15.4. The Bertz CT molecular complexity index is 1050. The number of fused-ring (bicyclic) bond motifs is 1. The van der Waals surface area contributed by atoms with Crippen molar-refractivity contribution >= 4 is 11.7 Å². The van der Waals surface area contributed by atoms with Gasteiger partial charge in [0, 0.05) is 12.3 Å². The number of benzene rings is 2. The minimum Gasteiger partial charge on any atom is -0.493 e. The number of ether oxygens (including phenoxy) is 3. The molecule has 1 aliphatic heterocycles. The van der Waals surface area contributed by atoms with Gasteiger partial charge < -0.3 is 19.5 Å². The monoisotopic (exact) mass is 397 g/mol. The van der Waals surface area contributed by atoms with E-state index in [1.807, 2.05) is 12.1 Å². The van der Waals surface area contributed by atoms with Crippen LogP contribution in [0.1, 0.15) is 23.6 Å². The van der Waals surface area contributed by atoms with E-state index in [1.165, 1.54) is 19.2 Å². The summed E-state index contributed by atoms with van der Waals surface area (Å²) in [5.41, 5.74) is 2.06. The first-order valence-electron chi connectivity index (χ1n) is 8.98. The van der Waals surface area contributed by atoms with Crippen molar-refractivity contribution in [3.8, 4) is 22.9 Å². The second-order valence-corrected chi connectivity index (χ2v) is 6.59. The van der Waals surface area contributed by atoms with Crippen LogP contribution in [0, 0.1) is 5.82 Å². The predicted molar refractivity (Wildman–Crippen MR) is 105 cm³/mol. The van der Waals surface area contributed by atoms with Gasteiger partial charge in [-0.1, -0.05) is 6.07 Å². The molecule has 0 saturated carbocycles. The summed E-state index contributed by atoms with van der Waals surface area (Å²) < 4.78 is 31.6. The minimum absolute atomic E-state index is 0.158. The van der Waals surface area contributed by atoms with Gasteiger partial charge in [-0.3, -0.25) is 9.36 Å². The van der Waals surface area contributed by atoms with Crippen LogP contribution in [0.3, 0.4) is 0 Å². The van der Waals surface area contributed by atoms with Gasteiger partial charge in [0.05, 0.1) is 32.7 Å². The molecule has 0 saturated heterocycles. The van der Waals surface area contributed by atoms with Crippen molar-refractivity contribution < 1.29 is 23.4 Å². The summed E-state index contributed by atoms with van der Waals surface area (Å²) in [5, 5.41) is 2.86. The Balaban J connectivity index is 1.84. The molecule has 2 aromatic carbocycles. The Hall–Kier alpha value is -3.55. The number of carbonyl (C=O) groups is 1. The molecule has 0 unspecified atom stereocenters. The largest absolute Gasteiger partial charge is 0.493 e. The zero-order valence-corrected chi connectivity index (χ0v) is 16.2. The molecule has 0 bridgehead atoms. The lowest BCUT2D eigenvalue weighted by Crippen LogP contribution is -2.25. The highest BCUT2D eigenvalue weighted by atomic mass is 19.1. The topological polar surface area (TPSA) is 74.6 Å². The summed E-state index contributed by atoms with van der Waals surface area (Å²) in [4.78, 5) is 17.0. The number of hydrogen-bond acceptors (Lipinski definition) is 5. The molecule has 1 atom stereocenters. The number of nitrogens with one attached hydrogen (secondary N) is 1. The molecule has 0 fully saturated rings. The SMILES string of the molecule is COc1cc([C@H]2CC(=O)Nc3c2ncn3-c2cccc(F)c2)cc(OC)c1OC. The van der Waals surface area contributed by atoms with Crippen LogP contribution in [0.4, 0.5) is 10.2 Å². The number of hydrogen-bond donors (Lipinski definition) is 1. The zero-order chi connectivity index (χ0) is 20.5. The fourth-order valence-corrected chi connectivity index (χ4v) is 3.61. The van der Waals surface area contributed by atoms with E-state index in [0.717, 1.165) is 5.56 Å². The number of anilines is 1. The Morgan fingerprint density at radius 3 is 2.45 bits per heavy atom. The van der Waals surface area contributed by atoms with E-state index in [2.05, 4.69) is 10.3 Å². The molecule has 7 nitrogen and oxygen atoms in total. The van der Waals surface area contributed by atoms with Crippen LogP contribution in [0.15, 0.2) is 42.7 Å². The summed E-state index contributed by atoms with van der Waals surface area (Å²) in [6.07, 6.45) is 1.79. The fourth-order valence-electron chi connectivity index (χ4n) is 3.61. The van der Waals surface area contributed by atoms with E-state index < -0.39 is 0 Å². The van der Waals surface area contributed by atoms with Crippen molar-refractivity contribution in [2.24, 2.45) is 0 Å². The summed E-state index contributed by atoms with van der Waals surface area (Å²) >= 11 is 0. The number of aromatic nitrogens is 2. The van der Waals surface area contributed by atoms with Crippen LogP contribution >= 0.6 is 0 Å². The van der Waals surface area contributed by atoms with E-state index in [9.17, 15) is 9.18 Å². The molecule has 1 aliphatic rings. The Labute approximate surface area is 167 Å².